The Bertz CT molecular complexity index is 489. The van der Waals surface area contributed by atoms with Crippen molar-refractivity contribution in [3.05, 3.63) is 35.4 Å². The molecule has 0 radical (unpaired) electrons. The number of rotatable bonds is 8. The average molecular weight is 322 g/mol. The van der Waals surface area contributed by atoms with E-state index in [1.165, 1.54) is 12.2 Å². The molecule has 7 heteroatoms. The Hall–Kier alpha value is -2.14. The molecule has 126 valence electrons. The third-order valence-corrected chi connectivity index (χ3v) is 3.50. The standard InChI is InChI=1S/C10H8N2O2.C6H14O3/c13-7-11-5-9-3-1-2-4-10(9)6-12-8-14;1-2-6(3-7,4-8)5-9/h1-4H,5-6H2;7-9H,2-5H2,1H3. The summed E-state index contributed by atoms with van der Waals surface area (Å²) in [6.45, 7) is 1.90. The smallest absolute Gasteiger partial charge is 0.235 e. The molecule has 0 fully saturated rings. The highest BCUT2D eigenvalue weighted by Crippen LogP contribution is 2.18. The van der Waals surface area contributed by atoms with E-state index in [0.717, 1.165) is 11.1 Å². The van der Waals surface area contributed by atoms with E-state index in [9.17, 15) is 9.59 Å². The van der Waals surface area contributed by atoms with E-state index in [2.05, 4.69) is 9.98 Å². The van der Waals surface area contributed by atoms with E-state index in [0.29, 0.717) is 6.42 Å². The molecule has 1 aromatic carbocycles. The van der Waals surface area contributed by atoms with Gasteiger partial charge in [-0.2, -0.15) is 0 Å². The number of nitrogens with zero attached hydrogens (tertiary/aromatic N) is 2. The highest BCUT2D eigenvalue weighted by atomic mass is 16.3. The molecular weight excluding hydrogens is 300 g/mol. The molecule has 0 saturated heterocycles. The molecule has 0 amide bonds. The first-order valence-corrected chi connectivity index (χ1v) is 7.09. The third-order valence-electron chi connectivity index (χ3n) is 3.50. The summed E-state index contributed by atoms with van der Waals surface area (Å²) in [7, 11) is 0. The van der Waals surface area contributed by atoms with Gasteiger partial charge >= 0.3 is 0 Å². The average Bonchev–Trinajstić information content (AvgIpc) is 2.62. The van der Waals surface area contributed by atoms with Crippen molar-refractivity contribution in [3.63, 3.8) is 0 Å². The zero-order valence-electron chi connectivity index (χ0n) is 13.1. The zero-order valence-corrected chi connectivity index (χ0v) is 13.1. The van der Waals surface area contributed by atoms with Crippen LogP contribution < -0.4 is 0 Å². The van der Waals surface area contributed by atoms with Gasteiger partial charge in [-0.3, -0.25) is 0 Å². The summed E-state index contributed by atoms with van der Waals surface area (Å²) in [4.78, 5) is 26.8. The fraction of sp³-hybridized carbons (Fsp3) is 0.500. The van der Waals surface area contributed by atoms with E-state index in [4.69, 9.17) is 15.3 Å². The monoisotopic (exact) mass is 322 g/mol. The maximum absolute atomic E-state index is 9.93. The molecule has 0 unspecified atom stereocenters. The minimum atomic E-state index is -0.667. The molecule has 0 aliphatic rings. The second-order valence-electron chi connectivity index (χ2n) is 4.91. The molecule has 0 bridgehead atoms. The van der Waals surface area contributed by atoms with Gasteiger partial charge < -0.3 is 15.3 Å². The molecule has 0 spiro atoms. The maximum atomic E-state index is 9.93. The van der Waals surface area contributed by atoms with Gasteiger partial charge in [0.1, 0.15) is 0 Å². The number of hydrogen-bond acceptors (Lipinski definition) is 7. The number of carbonyl (C=O) groups excluding carboxylic acids is 2. The second kappa shape index (κ2) is 12.4. The van der Waals surface area contributed by atoms with Gasteiger partial charge in [-0.15, -0.1) is 0 Å². The van der Waals surface area contributed by atoms with Crippen molar-refractivity contribution in [2.45, 2.75) is 26.4 Å². The molecule has 1 rings (SSSR count). The number of benzene rings is 1. The largest absolute Gasteiger partial charge is 0.396 e. The van der Waals surface area contributed by atoms with E-state index >= 15 is 0 Å². The number of isocyanates is 2. The Kier molecular flexibility index (Phi) is 11.3. The van der Waals surface area contributed by atoms with E-state index < -0.39 is 5.41 Å². The van der Waals surface area contributed by atoms with Crippen LogP contribution in [0.3, 0.4) is 0 Å². The van der Waals surface area contributed by atoms with Crippen molar-refractivity contribution < 1.29 is 24.9 Å². The van der Waals surface area contributed by atoms with Gasteiger partial charge in [0.2, 0.25) is 12.2 Å². The lowest BCUT2D eigenvalue weighted by Gasteiger charge is -2.24. The fourth-order valence-corrected chi connectivity index (χ4v) is 1.59. The Morgan fingerprint density at radius 2 is 1.30 bits per heavy atom. The Morgan fingerprint density at radius 1 is 0.913 bits per heavy atom. The molecule has 0 aliphatic heterocycles. The van der Waals surface area contributed by atoms with Gasteiger partial charge in [0.05, 0.1) is 32.9 Å². The van der Waals surface area contributed by atoms with Crippen molar-refractivity contribution >= 4 is 12.2 Å². The third kappa shape index (κ3) is 7.61. The lowest BCUT2D eigenvalue weighted by Crippen LogP contribution is -2.32. The number of aliphatic hydroxyl groups is 3. The summed E-state index contributed by atoms with van der Waals surface area (Å²) in [6, 6.07) is 7.33. The molecular formula is C16H22N2O5. The topological polar surface area (TPSA) is 120 Å². The van der Waals surface area contributed by atoms with Crippen LogP contribution in [0.25, 0.3) is 0 Å². The van der Waals surface area contributed by atoms with Gasteiger partial charge in [-0.25, -0.2) is 19.6 Å². The zero-order chi connectivity index (χ0) is 17.6. The molecule has 7 nitrogen and oxygen atoms in total. The highest BCUT2D eigenvalue weighted by Gasteiger charge is 2.24. The molecule has 3 N–H and O–H groups in total. The van der Waals surface area contributed by atoms with E-state index in [1.807, 2.05) is 31.2 Å². The summed E-state index contributed by atoms with van der Waals surface area (Å²) in [6.07, 6.45) is 3.53. The van der Waals surface area contributed by atoms with Crippen molar-refractivity contribution in [2.24, 2.45) is 15.4 Å². The van der Waals surface area contributed by atoms with E-state index in [-0.39, 0.29) is 32.9 Å². The first-order chi connectivity index (χ1) is 11.1. The number of hydrogen-bond donors (Lipinski definition) is 3. The molecule has 0 aromatic heterocycles. The maximum Gasteiger partial charge on any atom is 0.235 e. The van der Waals surface area contributed by atoms with Gasteiger partial charge in [-0.1, -0.05) is 31.2 Å². The summed E-state index contributed by atoms with van der Waals surface area (Å²) in [5, 5.41) is 26.0. The Labute approximate surface area is 135 Å². The van der Waals surface area contributed by atoms with Crippen LogP contribution in [-0.4, -0.2) is 47.3 Å². The summed E-state index contributed by atoms with van der Waals surface area (Å²) < 4.78 is 0. The van der Waals surface area contributed by atoms with Gasteiger partial charge in [0, 0.05) is 5.41 Å². The Morgan fingerprint density at radius 3 is 1.52 bits per heavy atom. The minimum Gasteiger partial charge on any atom is -0.396 e. The minimum absolute atomic E-state index is 0.156. The van der Waals surface area contributed by atoms with Gasteiger partial charge in [0.15, 0.2) is 0 Å². The predicted octanol–water partition coefficient (Wildman–Crippen LogP) is 0.718. The molecule has 23 heavy (non-hydrogen) atoms. The Balaban J connectivity index is 0.000000468. The number of aliphatic hydroxyl groups excluding tert-OH is 3. The van der Waals surface area contributed by atoms with Crippen LogP contribution in [0.4, 0.5) is 0 Å². The van der Waals surface area contributed by atoms with Crippen LogP contribution in [0.1, 0.15) is 24.5 Å². The summed E-state index contributed by atoms with van der Waals surface area (Å²) >= 11 is 0. The summed E-state index contributed by atoms with van der Waals surface area (Å²) in [5.41, 5.74) is 1.07. The van der Waals surface area contributed by atoms with Crippen molar-refractivity contribution in [1.29, 1.82) is 0 Å². The lowest BCUT2D eigenvalue weighted by atomic mass is 9.88. The van der Waals surface area contributed by atoms with Crippen LogP contribution in [-0.2, 0) is 22.7 Å². The number of aliphatic imine (C=N–C) groups is 2. The van der Waals surface area contributed by atoms with Gasteiger partial charge in [-0.05, 0) is 17.5 Å². The first kappa shape index (κ1) is 20.9. The van der Waals surface area contributed by atoms with Gasteiger partial charge in [0.25, 0.3) is 0 Å². The molecule has 0 heterocycles. The van der Waals surface area contributed by atoms with Crippen molar-refractivity contribution in [1.82, 2.24) is 0 Å². The normalized spacial score (nSPS) is 9.91. The second-order valence-corrected chi connectivity index (χ2v) is 4.91. The van der Waals surface area contributed by atoms with Crippen LogP contribution in [0.5, 0.6) is 0 Å². The quantitative estimate of drug-likeness (QED) is 0.481. The van der Waals surface area contributed by atoms with Crippen LogP contribution in [0, 0.1) is 5.41 Å². The molecule has 0 atom stereocenters. The predicted molar refractivity (Wildman–Crippen MR) is 84.1 cm³/mol. The van der Waals surface area contributed by atoms with Crippen LogP contribution >= 0.6 is 0 Å². The lowest BCUT2D eigenvalue weighted by molar-refractivity contribution is 0.00304. The first-order valence-electron chi connectivity index (χ1n) is 7.09. The van der Waals surface area contributed by atoms with Crippen molar-refractivity contribution in [3.8, 4) is 0 Å². The van der Waals surface area contributed by atoms with Crippen LogP contribution in [0.15, 0.2) is 34.3 Å². The van der Waals surface area contributed by atoms with Crippen molar-refractivity contribution in [2.75, 3.05) is 19.8 Å². The summed E-state index contributed by atoms with van der Waals surface area (Å²) in [5.74, 6) is 0. The fourth-order valence-electron chi connectivity index (χ4n) is 1.59. The molecule has 0 aliphatic carbocycles. The van der Waals surface area contributed by atoms with Crippen LogP contribution in [0.2, 0.25) is 0 Å². The SMILES string of the molecule is CCC(CO)(CO)CO.O=C=NCc1ccccc1CN=C=O. The highest BCUT2D eigenvalue weighted by molar-refractivity contribution is 5.37. The molecule has 0 saturated carbocycles. The van der Waals surface area contributed by atoms with E-state index in [1.54, 1.807) is 0 Å². The molecule has 1 aromatic rings.